The summed E-state index contributed by atoms with van der Waals surface area (Å²) in [6, 6.07) is 7.63. The molecule has 4 rings (SSSR count). The van der Waals surface area contributed by atoms with Crippen molar-refractivity contribution in [3.8, 4) is 0 Å². The van der Waals surface area contributed by atoms with Crippen LogP contribution in [0.4, 0.5) is 9.18 Å². The van der Waals surface area contributed by atoms with E-state index in [2.05, 4.69) is 35.9 Å². The van der Waals surface area contributed by atoms with Crippen molar-refractivity contribution in [2.24, 2.45) is 5.41 Å². The van der Waals surface area contributed by atoms with E-state index in [0.717, 1.165) is 42.9 Å². The smallest absolute Gasteiger partial charge is 0.410 e. The SMILES string of the molecule is CCN1CC(C2(CCc3ccc(F)s3)CCN(C(C)(C)c3ccc(C)nc3)C2)OC1=O. The molecular formula is C24H32FN3O2S. The first-order chi connectivity index (χ1) is 14.7. The Labute approximate surface area is 188 Å². The van der Waals surface area contributed by atoms with E-state index in [9.17, 15) is 9.18 Å². The summed E-state index contributed by atoms with van der Waals surface area (Å²) in [4.78, 5) is 22.2. The number of thiophene rings is 1. The van der Waals surface area contributed by atoms with Gasteiger partial charge in [0.25, 0.3) is 0 Å². The Hall–Kier alpha value is -1.99. The van der Waals surface area contributed by atoms with Gasteiger partial charge < -0.3 is 9.64 Å². The van der Waals surface area contributed by atoms with Gasteiger partial charge in [-0.1, -0.05) is 6.07 Å². The standard InChI is InChI=1S/C24H32FN3O2S/c1-5-27-15-20(30-22(27)29)24(11-10-19-8-9-21(25)31-19)12-13-28(16-24)23(3,4)18-7-6-17(2)26-14-18/h6-9,14,20H,5,10-13,15-16H2,1-4H3. The van der Waals surface area contributed by atoms with Crippen molar-refractivity contribution in [2.75, 3.05) is 26.2 Å². The minimum Gasteiger partial charge on any atom is -0.444 e. The van der Waals surface area contributed by atoms with E-state index in [1.807, 2.05) is 26.1 Å². The fourth-order valence-electron chi connectivity index (χ4n) is 4.96. The summed E-state index contributed by atoms with van der Waals surface area (Å²) in [5.74, 6) is 0. The van der Waals surface area contributed by atoms with Crippen LogP contribution in [-0.2, 0) is 16.7 Å². The number of aromatic nitrogens is 1. The van der Waals surface area contributed by atoms with E-state index in [1.54, 1.807) is 4.90 Å². The monoisotopic (exact) mass is 445 g/mol. The van der Waals surface area contributed by atoms with Gasteiger partial charge in [0.05, 0.1) is 6.54 Å². The molecule has 2 fully saturated rings. The molecule has 4 heterocycles. The highest BCUT2D eigenvalue weighted by Gasteiger charge is 2.52. The molecule has 2 aliphatic heterocycles. The van der Waals surface area contributed by atoms with Gasteiger partial charge in [-0.25, -0.2) is 4.79 Å². The molecule has 2 unspecified atom stereocenters. The lowest BCUT2D eigenvalue weighted by atomic mass is 9.76. The van der Waals surface area contributed by atoms with E-state index in [0.29, 0.717) is 13.1 Å². The number of nitrogens with zero attached hydrogens (tertiary/aromatic N) is 3. The maximum atomic E-state index is 13.5. The van der Waals surface area contributed by atoms with E-state index < -0.39 is 0 Å². The van der Waals surface area contributed by atoms with Crippen LogP contribution in [0.2, 0.25) is 0 Å². The summed E-state index contributed by atoms with van der Waals surface area (Å²) >= 11 is 1.22. The summed E-state index contributed by atoms with van der Waals surface area (Å²) in [6.07, 6.45) is 4.25. The van der Waals surface area contributed by atoms with Crippen molar-refractivity contribution in [3.63, 3.8) is 0 Å². The molecule has 7 heteroatoms. The highest BCUT2D eigenvalue weighted by molar-refractivity contribution is 7.10. The quantitative estimate of drug-likeness (QED) is 0.602. The Kier molecular flexibility index (Phi) is 6.10. The Balaban J connectivity index is 1.57. The van der Waals surface area contributed by atoms with E-state index in [1.165, 1.54) is 23.0 Å². The van der Waals surface area contributed by atoms with Gasteiger partial charge in [-0.15, -0.1) is 11.3 Å². The van der Waals surface area contributed by atoms with Gasteiger partial charge in [-0.05, 0) is 77.3 Å². The van der Waals surface area contributed by atoms with Gasteiger partial charge in [-0.3, -0.25) is 9.88 Å². The maximum absolute atomic E-state index is 13.5. The molecule has 5 nitrogen and oxygen atoms in total. The zero-order valence-corrected chi connectivity index (χ0v) is 19.7. The van der Waals surface area contributed by atoms with Gasteiger partial charge in [-0.2, -0.15) is 4.39 Å². The number of likely N-dealkylation sites (N-methyl/N-ethyl adjacent to an activating group) is 1. The maximum Gasteiger partial charge on any atom is 0.410 e. The number of ether oxygens (including phenoxy) is 1. The van der Waals surface area contributed by atoms with E-state index in [-0.39, 0.29) is 28.3 Å². The van der Waals surface area contributed by atoms with Crippen LogP contribution in [0.25, 0.3) is 0 Å². The number of halogens is 1. The molecule has 31 heavy (non-hydrogen) atoms. The number of aryl methyl sites for hydroxylation is 2. The fourth-order valence-corrected chi connectivity index (χ4v) is 5.68. The summed E-state index contributed by atoms with van der Waals surface area (Å²) in [5.41, 5.74) is 1.88. The molecule has 0 saturated carbocycles. The lowest BCUT2D eigenvalue weighted by molar-refractivity contribution is 0.0280. The normalized spacial score (nSPS) is 24.7. The molecule has 1 amide bonds. The second kappa shape index (κ2) is 8.51. The third-order valence-corrected chi connectivity index (χ3v) is 8.18. The van der Waals surface area contributed by atoms with Gasteiger partial charge in [0.15, 0.2) is 5.13 Å². The minimum absolute atomic E-state index is 0.137. The van der Waals surface area contributed by atoms with Crippen LogP contribution >= 0.6 is 11.3 Å². The highest BCUT2D eigenvalue weighted by Crippen LogP contribution is 2.46. The Morgan fingerprint density at radius 3 is 2.74 bits per heavy atom. The zero-order valence-electron chi connectivity index (χ0n) is 18.9. The van der Waals surface area contributed by atoms with Crippen molar-refractivity contribution in [1.29, 1.82) is 0 Å². The van der Waals surface area contributed by atoms with Gasteiger partial charge in [0.2, 0.25) is 0 Å². The second-order valence-corrected chi connectivity index (χ2v) is 10.5. The Morgan fingerprint density at radius 1 is 1.32 bits per heavy atom. The Morgan fingerprint density at radius 2 is 2.13 bits per heavy atom. The van der Waals surface area contributed by atoms with Crippen molar-refractivity contribution in [2.45, 2.75) is 58.6 Å². The molecule has 0 radical (unpaired) electrons. The summed E-state index contributed by atoms with van der Waals surface area (Å²) < 4.78 is 19.4. The van der Waals surface area contributed by atoms with E-state index >= 15 is 0 Å². The average molecular weight is 446 g/mol. The van der Waals surface area contributed by atoms with Crippen LogP contribution in [0, 0.1) is 17.5 Å². The number of pyridine rings is 1. The van der Waals surface area contributed by atoms with Crippen LogP contribution in [-0.4, -0.2) is 53.2 Å². The first-order valence-electron chi connectivity index (χ1n) is 11.1. The first kappa shape index (κ1) is 22.2. The number of amides is 1. The largest absolute Gasteiger partial charge is 0.444 e. The van der Waals surface area contributed by atoms with Crippen LogP contribution in [0.3, 0.4) is 0 Å². The average Bonchev–Trinajstić information content (AvgIpc) is 3.46. The number of cyclic esters (lactones) is 1. The molecular weight excluding hydrogens is 413 g/mol. The predicted molar refractivity (Wildman–Crippen MR) is 121 cm³/mol. The molecule has 0 aliphatic carbocycles. The van der Waals surface area contributed by atoms with Crippen LogP contribution in [0.15, 0.2) is 30.5 Å². The van der Waals surface area contributed by atoms with E-state index in [4.69, 9.17) is 4.74 Å². The number of carbonyl (C=O) groups excluding carboxylic acids is 1. The molecule has 0 N–H and O–H groups in total. The third-order valence-electron chi connectivity index (χ3n) is 7.24. The molecule has 0 bridgehead atoms. The van der Waals surface area contributed by atoms with Crippen molar-refractivity contribution < 1.29 is 13.9 Å². The molecule has 168 valence electrons. The van der Waals surface area contributed by atoms with Crippen molar-refractivity contribution in [1.82, 2.24) is 14.8 Å². The summed E-state index contributed by atoms with van der Waals surface area (Å²) in [6.45, 7) is 11.5. The number of carbonyl (C=O) groups is 1. The third kappa shape index (κ3) is 4.35. The predicted octanol–water partition coefficient (Wildman–Crippen LogP) is 4.99. The number of rotatable bonds is 7. The molecule has 2 saturated heterocycles. The summed E-state index contributed by atoms with van der Waals surface area (Å²) in [5, 5.41) is -0.144. The number of likely N-dealkylation sites (tertiary alicyclic amines) is 1. The minimum atomic E-state index is -0.213. The molecule has 0 aromatic carbocycles. The highest BCUT2D eigenvalue weighted by atomic mass is 32.1. The molecule has 2 aliphatic rings. The molecule has 2 atom stereocenters. The zero-order chi connectivity index (χ0) is 22.2. The number of hydrogen-bond donors (Lipinski definition) is 0. The summed E-state index contributed by atoms with van der Waals surface area (Å²) in [7, 11) is 0. The van der Waals surface area contributed by atoms with Gasteiger partial charge >= 0.3 is 6.09 Å². The topological polar surface area (TPSA) is 45.7 Å². The van der Waals surface area contributed by atoms with Gasteiger partial charge in [0.1, 0.15) is 6.10 Å². The molecule has 2 aromatic heterocycles. The van der Waals surface area contributed by atoms with Crippen LogP contribution in [0.5, 0.6) is 0 Å². The molecule has 0 spiro atoms. The number of hydrogen-bond acceptors (Lipinski definition) is 5. The van der Waals surface area contributed by atoms with Crippen LogP contribution in [0.1, 0.15) is 49.7 Å². The lowest BCUT2D eigenvalue weighted by Gasteiger charge is -2.39. The van der Waals surface area contributed by atoms with Gasteiger partial charge in [0, 0.05) is 40.8 Å². The first-order valence-corrected chi connectivity index (χ1v) is 11.9. The van der Waals surface area contributed by atoms with Crippen LogP contribution < -0.4 is 0 Å². The van der Waals surface area contributed by atoms with Crippen molar-refractivity contribution in [3.05, 3.63) is 51.7 Å². The Bertz CT molecular complexity index is 929. The molecule has 2 aromatic rings. The lowest BCUT2D eigenvalue weighted by Crippen LogP contribution is -2.45. The van der Waals surface area contributed by atoms with Crippen molar-refractivity contribution >= 4 is 17.4 Å². The second-order valence-electron chi connectivity index (χ2n) is 9.40. The fraction of sp³-hybridized carbons (Fsp3) is 0.583.